The number of allylic oxidation sites excluding steroid dienone is 1. The Labute approximate surface area is 192 Å². The van der Waals surface area contributed by atoms with E-state index < -0.39 is 70.5 Å². The number of fused-ring (bicyclic) bond motifs is 2. The Morgan fingerprint density at radius 1 is 1.12 bits per heavy atom. The Kier molecular flexibility index (Phi) is 4.85. The molecule has 0 aromatic carbocycles. The van der Waals surface area contributed by atoms with Crippen molar-refractivity contribution < 1.29 is 43.2 Å². The van der Waals surface area contributed by atoms with E-state index in [9.17, 15) is 19.5 Å². The summed E-state index contributed by atoms with van der Waals surface area (Å²) in [6.07, 6.45) is 0.731. The third-order valence-corrected chi connectivity index (χ3v) is 8.70. The molecule has 9 atom stereocenters. The van der Waals surface area contributed by atoms with E-state index in [1.807, 2.05) is 19.9 Å². The molecule has 182 valence electrons. The lowest BCUT2D eigenvalue weighted by molar-refractivity contribution is -0.215. The number of aliphatic hydroxyl groups is 1. The predicted molar refractivity (Wildman–Crippen MR) is 112 cm³/mol. The number of carbonyl (C=O) groups excluding carboxylic acids is 3. The summed E-state index contributed by atoms with van der Waals surface area (Å²) in [5.74, 6) is -2.03. The molecule has 0 aromatic heterocycles. The van der Waals surface area contributed by atoms with E-state index in [-0.39, 0.29) is 0 Å². The Morgan fingerprint density at radius 2 is 1.73 bits per heavy atom. The molecular formula is C24H32O9. The van der Waals surface area contributed by atoms with Crippen molar-refractivity contribution in [1.29, 1.82) is 0 Å². The molecule has 1 unspecified atom stereocenters. The summed E-state index contributed by atoms with van der Waals surface area (Å²) in [5, 5.41) is 12.1. The molecule has 9 nitrogen and oxygen atoms in total. The minimum absolute atomic E-state index is 0.422. The van der Waals surface area contributed by atoms with Gasteiger partial charge in [-0.3, -0.25) is 9.59 Å². The Bertz CT molecular complexity index is 938. The number of hydrogen-bond donors (Lipinski definition) is 1. The molecule has 5 rings (SSSR count). The molecule has 0 bridgehead atoms. The third kappa shape index (κ3) is 2.98. The number of carbonyl (C=O) groups is 3. The number of hydrogen-bond acceptors (Lipinski definition) is 9. The highest BCUT2D eigenvalue weighted by molar-refractivity contribution is 5.89. The van der Waals surface area contributed by atoms with Crippen molar-refractivity contribution in [3.8, 4) is 0 Å². The van der Waals surface area contributed by atoms with Gasteiger partial charge >= 0.3 is 17.9 Å². The van der Waals surface area contributed by atoms with Crippen molar-refractivity contribution in [2.24, 2.45) is 11.3 Å². The van der Waals surface area contributed by atoms with Gasteiger partial charge < -0.3 is 28.8 Å². The molecule has 1 saturated carbocycles. The molecule has 3 heterocycles. The first-order chi connectivity index (χ1) is 15.4. The Balaban J connectivity index is 1.69. The van der Waals surface area contributed by atoms with Gasteiger partial charge in [0.15, 0.2) is 17.3 Å². The smallest absolute Gasteiger partial charge is 0.342 e. The summed E-state index contributed by atoms with van der Waals surface area (Å²) in [7, 11) is 0. The van der Waals surface area contributed by atoms with Crippen LogP contribution in [0.25, 0.3) is 0 Å². The fourth-order valence-electron chi connectivity index (χ4n) is 6.92. The largest absolute Gasteiger partial charge is 0.462 e. The molecule has 0 radical (unpaired) electrons. The first-order valence-corrected chi connectivity index (χ1v) is 11.7. The lowest BCUT2D eigenvalue weighted by atomic mass is 9.53. The van der Waals surface area contributed by atoms with Gasteiger partial charge in [-0.25, -0.2) is 4.79 Å². The van der Waals surface area contributed by atoms with Crippen LogP contribution in [0.5, 0.6) is 0 Å². The van der Waals surface area contributed by atoms with Gasteiger partial charge in [-0.05, 0) is 45.6 Å². The molecule has 3 aliphatic heterocycles. The fraction of sp³-hybridized carbons (Fsp3) is 0.792. The Hall–Kier alpha value is -1.97. The van der Waals surface area contributed by atoms with Crippen molar-refractivity contribution in [2.45, 2.75) is 102 Å². The molecular weight excluding hydrogens is 432 g/mol. The van der Waals surface area contributed by atoms with Crippen LogP contribution >= 0.6 is 0 Å². The maximum Gasteiger partial charge on any atom is 0.342 e. The highest BCUT2D eigenvalue weighted by Gasteiger charge is 2.87. The summed E-state index contributed by atoms with van der Waals surface area (Å²) < 4.78 is 29.3. The van der Waals surface area contributed by atoms with E-state index in [0.717, 1.165) is 5.57 Å². The van der Waals surface area contributed by atoms with Gasteiger partial charge in [0.25, 0.3) is 0 Å². The molecule has 5 aliphatic rings. The normalized spacial score (nSPS) is 51.8. The summed E-state index contributed by atoms with van der Waals surface area (Å²) in [4.78, 5) is 37.0. The van der Waals surface area contributed by atoms with Crippen LogP contribution in [0.4, 0.5) is 0 Å². The first-order valence-electron chi connectivity index (χ1n) is 11.7. The van der Waals surface area contributed by atoms with Crippen LogP contribution in [0.15, 0.2) is 11.6 Å². The molecule has 3 saturated heterocycles. The van der Waals surface area contributed by atoms with Crippen molar-refractivity contribution in [3.63, 3.8) is 0 Å². The van der Waals surface area contributed by atoms with E-state index in [0.29, 0.717) is 32.3 Å². The van der Waals surface area contributed by atoms with Gasteiger partial charge in [0.1, 0.15) is 12.2 Å². The summed E-state index contributed by atoms with van der Waals surface area (Å²) >= 11 is 0. The van der Waals surface area contributed by atoms with Gasteiger partial charge in [-0.2, -0.15) is 0 Å². The van der Waals surface area contributed by atoms with Crippen LogP contribution in [0, 0.1) is 11.3 Å². The minimum Gasteiger partial charge on any atom is -0.462 e. The van der Waals surface area contributed by atoms with Gasteiger partial charge in [-0.1, -0.05) is 12.5 Å². The van der Waals surface area contributed by atoms with Crippen LogP contribution in [0.3, 0.4) is 0 Å². The van der Waals surface area contributed by atoms with Crippen LogP contribution in [-0.4, -0.2) is 70.8 Å². The van der Waals surface area contributed by atoms with Crippen molar-refractivity contribution in [2.75, 3.05) is 6.61 Å². The molecule has 9 heteroatoms. The van der Waals surface area contributed by atoms with Gasteiger partial charge in [-0.15, -0.1) is 0 Å². The summed E-state index contributed by atoms with van der Waals surface area (Å²) in [6, 6.07) is 0. The van der Waals surface area contributed by atoms with Crippen LogP contribution in [0.2, 0.25) is 0 Å². The number of epoxide rings is 2. The fourth-order valence-corrected chi connectivity index (χ4v) is 6.92. The summed E-state index contributed by atoms with van der Waals surface area (Å²) in [6.45, 7) is 8.57. The molecule has 33 heavy (non-hydrogen) atoms. The lowest BCUT2D eigenvalue weighted by Crippen LogP contribution is -2.65. The molecule has 1 N–H and O–H groups in total. The molecule has 2 aliphatic carbocycles. The quantitative estimate of drug-likeness (QED) is 0.281. The molecule has 4 fully saturated rings. The highest BCUT2D eigenvalue weighted by Crippen LogP contribution is 2.67. The lowest BCUT2D eigenvalue weighted by Gasteiger charge is -2.54. The second-order valence-corrected chi connectivity index (χ2v) is 10.7. The van der Waals surface area contributed by atoms with Crippen molar-refractivity contribution >= 4 is 17.9 Å². The predicted octanol–water partition coefficient (Wildman–Crippen LogP) is 1.59. The van der Waals surface area contributed by atoms with Gasteiger partial charge in [0.2, 0.25) is 0 Å². The average Bonchev–Trinajstić information content (AvgIpc) is 3.60. The Morgan fingerprint density at radius 3 is 2.27 bits per heavy atom. The number of esters is 3. The van der Waals surface area contributed by atoms with Crippen molar-refractivity contribution in [3.05, 3.63) is 11.6 Å². The van der Waals surface area contributed by atoms with Crippen LogP contribution in [-0.2, 0) is 38.1 Å². The zero-order valence-corrected chi connectivity index (χ0v) is 19.7. The number of aliphatic hydroxyl groups excluding tert-OH is 1. The standard InChI is InChI=1S/C24H32O9/c1-12-6-7-15(30-13(2)25)21(4)16(31-14(3)26)8-9-23(11-29-23)18(21)19(27)24-17(10-12)32-20(28)22(24,5)33-24/h10,15-19,27H,6-9,11H2,1-5H3/b12-10-/t15-,16-,17-,18+,19-,21-,22?,23+,24-/m1/s1. The topological polar surface area (TPSA) is 124 Å². The zero-order chi connectivity index (χ0) is 24.0. The van der Waals surface area contributed by atoms with Gasteiger partial charge in [0.05, 0.1) is 18.3 Å². The second-order valence-electron chi connectivity index (χ2n) is 10.7. The van der Waals surface area contributed by atoms with Gasteiger partial charge in [0, 0.05) is 25.2 Å². The molecule has 0 amide bonds. The highest BCUT2D eigenvalue weighted by atomic mass is 16.7. The van der Waals surface area contributed by atoms with E-state index >= 15 is 0 Å². The maximum absolute atomic E-state index is 12.7. The van der Waals surface area contributed by atoms with E-state index in [2.05, 4.69) is 0 Å². The van der Waals surface area contributed by atoms with Crippen LogP contribution < -0.4 is 0 Å². The average molecular weight is 465 g/mol. The summed E-state index contributed by atoms with van der Waals surface area (Å²) in [5.41, 5.74) is -3.31. The molecule has 2 spiro atoms. The number of rotatable bonds is 2. The minimum atomic E-state index is -1.29. The van der Waals surface area contributed by atoms with E-state index in [4.69, 9.17) is 23.7 Å². The van der Waals surface area contributed by atoms with E-state index in [1.54, 1.807) is 6.92 Å². The monoisotopic (exact) mass is 464 g/mol. The number of ether oxygens (including phenoxy) is 5. The first kappa shape index (κ1) is 22.8. The van der Waals surface area contributed by atoms with Crippen molar-refractivity contribution in [1.82, 2.24) is 0 Å². The molecule has 0 aromatic rings. The second kappa shape index (κ2) is 7.02. The third-order valence-electron chi connectivity index (χ3n) is 8.70. The maximum atomic E-state index is 12.7. The zero-order valence-electron chi connectivity index (χ0n) is 19.7. The van der Waals surface area contributed by atoms with E-state index in [1.165, 1.54) is 13.8 Å². The SMILES string of the molecule is CC(=O)O[C@@H]1CC/C(C)=C\[C@H]2OC(=O)C3(C)O[C@@]23[C@H](O)[C@@H]2[C@]3(CC[C@@H](OC(C)=O)[C@]21C)CO3. The van der Waals surface area contributed by atoms with Crippen LogP contribution in [0.1, 0.15) is 60.3 Å².